The number of urea groups is 1. The fourth-order valence-corrected chi connectivity index (χ4v) is 7.84. The maximum absolute atomic E-state index is 14.3. The van der Waals surface area contributed by atoms with Crippen molar-refractivity contribution in [3.8, 4) is 22.9 Å². The van der Waals surface area contributed by atoms with Crippen molar-refractivity contribution in [3.05, 3.63) is 53.9 Å². The van der Waals surface area contributed by atoms with E-state index < -0.39 is 44.8 Å². The molecular weight excluding hydrogens is 671 g/mol. The van der Waals surface area contributed by atoms with Crippen LogP contribution in [0, 0.1) is 5.92 Å². The molecule has 3 aliphatic heterocycles. The molecule has 2 aromatic carbocycles. The van der Waals surface area contributed by atoms with E-state index in [9.17, 15) is 31.2 Å². The summed E-state index contributed by atoms with van der Waals surface area (Å²) in [6, 6.07) is 8.07. The number of nitrogens with zero attached hydrogens (tertiary/aromatic N) is 5. The highest BCUT2D eigenvalue weighted by molar-refractivity contribution is 7.91. The van der Waals surface area contributed by atoms with Crippen molar-refractivity contribution in [2.45, 2.75) is 43.4 Å². The van der Waals surface area contributed by atoms with E-state index in [2.05, 4.69) is 15.0 Å². The van der Waals surface area contributed by atoms with Crippen LogP contribution < -0.4 is 4.74 Å². The third kappa shape index (κ3) is 7.44. The molecule has 3 fully saturated rings. The topological polar surface area (TPSA) is 145 Å². The highest BCUT2D eigenvalue weighted by atomic mass is 32.2. The summed E-state index contributed by atoms with van der Waals surface area (Å²) < 4.78 is 90.9. The second kappa shape index (κ2) is 13.7. The zero-order valence-electron chi connectivity index (χ0n) is 26.9. The van der Waals surface area contributed by atoms with E-state index in [1.807, 2.05) is 0 Å². The highest BCUT2D eigenvalue weighted by Crippen LogP contribution is 2.41. The Balaban J connectivity index is 1.19. The molecule has 6 rings (SSSR count). The predicted molar refractivity (Wildman–Crippen MR) is 166 cm³/mol. The van der Waals surface area contributed by atoms with E-state index in [4.69, 9.17) is 18.7 Å². The molecule has 3 aromatic rings. The van der Waals surface area contributed by atoms with E-state index >= 15 is 0 Å². The number of carbonyl (C=O) groups is 2. The fourth-order valence-electron chi connectivity index (χ4n) is 6.07. The first-order valence-corrected chi connectivity index (χ1v) is 17.4. The highest BCUT2D eigenvalue weighted by Gasteiger charge is 2.51. The zero-order valence-corrected chi connectivity index (χ0v) is 27.8. The first kappa shape index (κ1) is 34.8. The number of ether oxygens (including phenoxy) is 3. The maximum Gasteiger partial charge on any atom is 0.420 e. The van der Waals surface area contributed by atoms with Gasteiger partial charge < -0.3 is 23.6 Å². The average Bonchev–Trinajstić information content (AvgIpc) is 3.78. The molecule has 1 atom stereocenters. The number of imide groups is 1. The van der Waals surface area contributed by atoms with Crippen molar-refractivity contribution >= 4 is 21.8 Å². The predicted octanol–water partition coefficient (Wildman–Crippen LogP) is 4.23. The molecule has 13 nitrogen and oxygen atoms in total. The molecule has 0 saturated carbocycles. The fraction of sp³-hybridized carbons (Fsp3) is 0.500. The van der Waals surface area contributed by atoms with Crippen LogP contribution in [-0.2, 0) is 36.8 Å². The largest absolute Gasteiger partial charge is 0.455 e. The summed E-state index contributed by atoms with van der Waals surface area (Å²) in [6.45, 7) is 7.16. The first-order chi connectivity index (χ1) is 23.2. The SMILES string of the molecule is CC1(C)C(=O)N(Cc2nc(-c3ccc(Oc4ccccc4S(=O)(=O)CC4CCOC4)c(C(F)(F)F)c3)no2)C(=O)N1CCN1CCOCC1. The van der Waals surface area contributed by atoms with Gasteiger partial charge in [0.2, 0.25) is 11.7 Å². The van der Waals surface area contributed by atoms with Crippen LogP contribution in [-0.4, -0.2) is 109 Å². The Morgan fingerprint density at radius 3 is 2.47 bits per heavy atom. The van der Waals surface area contributed by atoms with E-state index in [0.29, 0.717) is 39.3 Å². The summed E-state index contributed by atoms with van der Waals surface area (Å²) >= 11 is 0. The first-order valence-electron chi connectivity index (χ1n) is 15.8. The lowest BCUT2D eigenvalue weighted by molar-refractivity contribution is -0.138. The van der Waals surface area contributed by atoms with Gasteiger partial charge in [-0.2, -0.15) is 18.2 Å². The van der Waals surface area contributed by atoms with Gasteiger partial charge in [-0.1, -0.05) is 17.3 Å². The number of morpholine rings is 1. The van der Waals surface area contributed by atoms with Crippen molar-refractivity contribution in [2.75, 3.05) is 58.4 Å². The standard InChI is InChI=1S/C32H36F3N5O8S/c1-31(2)29(41)39(30(42)40(31)11-10-38-12-15-45-16-13-38)18-27-36-28(37-48-27)22-7-8-24(23(17-22)32(33,34)35)47-25-5-3-4-6-26(25)49(43,44)20-21-9-14-46-19-21/h3-8,17,21H,9-16,18-20H2,1-2H3. The number of rotatable bonds is 11. The normalized spacial score (nSPS) is 20.4. The number of alkyl halides is 3. The van der Waals surface area contributed by atoms with Crippen LogP contribution in [0.5, 0.6) is 11.5 Å². The molecule has 0 bridgehead atoms. The minimum Gasteiger partial charge on any atom is -0.455 e. The van der Waals surface area contributed by atoms with Gasteiger partial charge in [-0.3, -0.25) is 14.6 Å². The molecule has 49 heavy (non-hydrogen) atoms. The number of halogens is 3. The monoisotopic (exact) mass is 707 g/mol. The summed E-state index contributed by atoms with van der Waals surface area (Å²) in [5.41, 5.74) is -2.41. The minimum atomic E-state index is -4.91. The molecule has 4 heterocycles. The van der Waals surface area contributed by atoms with Gasteiger partial charge in [-0.05, 0) is 56.5 Å². The third-order valence-electron chi connectivity index (χ3n) is 8.84. The lowest BCUT2D eigenvalue weighted by atomic mass is 10.0. The van der Waals surface area contributed by atoms with Gasteiger partial charge in [0.15, 0.2) is 9.84 Å². The van der Waals surface area contributed by atoms with Gasteiger partial charge in [-0.25, -0.2) is 13.2 Å². The summed E-state index contributed by atoms with van der Waals surface area (Å²) in [5.74, 6) is -2.16. The number of aromatic nitrogens is 2. The van der Waals surface area contributed by atoms with Crippen molar-refractivity contribution < 1.29 is 49.9 Å². The molecule has 0 N–H and O–H groups in total. The summed E-state index contributed by atoms with van der Waals surface area (Å²) in [7, 11) is -3.91. The molecule has 1 unspecified atom stereocenters. The molecule has 0 radical (unpaired) electrons. The molecule has 3 saturated heterocycles. The number of carbonyl (C=O) groups excluding carboxylic acids is 2. The maximum atomic E-state index is 14.3. The van der Waals surface area contributed by atoms with Gasteiger partial charge in [0.05, 0.1) is 31.1 Å². The molecule has 0 spiro atoms. The van der Waals surface area contributed by atoms with Crippen LogP contribution in [0.25, 0.3) is 11.4 Å². The molecule has 3 aliphatic rings. The van der Waals surface area contributed by atoms with Crippen LogP contribution in [0.4, 0.5) is 18.0 Å². The van der Waals surface area contributed by atoms with Gasteiger partial charge in [-0.15, -0.1) is 0 Å². The Labute approximate surface area is 280 Å². The average molecular weight is 708 g/mol. The Hall–Kier alpha value is -4.06. The lowest BCUT2D eigenvalue weighted by Gasteiger charge is -2.32. The van der Waals surface area contributed by atoms with Crippen LogP contribution >= 0.6 is 0 Å². The molecule has 0 aliphatic carbocycles. The van der Waals surface area contributed by atoms with Gasteiger partial charge in [0, 0.05) is 38.3 Å². The van der Waals surface area contributed by atoms with E-state index in [0.717, 1.165) is 30.1 Å². The number of hydrogen-bond acceptors (Lipinski definition) is 11. The van der Waals surface area contributed by atoms with Crippen molar-refractivity contribution in [1.29, 1.82) is 0 Å². The zero-order chi connectivity index (χ0) is 35.0. The molecule has 17 heteroatoms. The van der Waals surface area contributed by atoms with Crippen molar-refractivity contribution in [1.82, 2.24) is 24.8 Å². The number of amides is 3. The summed E-state index contributed by atoms with van der Waals surface area (Å²) in [5, 5.41) is 3.80. The Morgan fingerprint density at radius 2 is 1.76 bits per heavy atom. The second-order valence-corrected chi connectivity index (χ2v) is 14.6. The van der Waals surface area contributed by atoms with Crippen molar-refractivity contribution in [3.63, 3.8) is 0 Å². The van der Waals surface area contributed by atoms with Gasteiger partial charge in [0.25, 0.3) is 5.91 Å². The second-order valence-electron chi connectivity index (χ2n) is 12.6. The van der Waals surface area contributed by atoms with Crippen LogP contribution in [0.2, 0.25) is 0 Å². The minimum absolute atomic E-state index is 0.0802. The summed E-state index contributed by atoms with van der Waals surface area (Å²) in [4.78, 5) is 35.1. The van der Waals surface area contributed by atoms with Crippen LogP contribution in [0.15, 0.2) is 51.9 Å². The molecule has 3 amide bonds. The molecular formula is C32H36F3N5O8S. The van der Waals surface area contributed by atoms with E-state index in [1.165, 1.54) is 35.2 Å². The van der Waals surface area contributed by atoms with Gasteiger partial charge in [0.1, 0.15) is 28.5 Å². The van der Waals surface area contributed by atoms with E-state index in [-0.39, 0.29) is 52.7 Å². The quantitative estimate of drug-likeness (QED) is 0.264. The number of benzene rings is 2. The Morgan fingerprint density at radius 1 is 1.00 bits per heavy atom. The van der Waals surface area contributed by atoms with Crippen molar-refractivity contribution in [2.24, 2.45) is 5.92 Å². The lowest BCUT2D eigenvalue weighted by Crippen LogP contribution is -2.48. The van der Waals surface area contributed by atoms with Crippen LogP contribution in [0.1, 0.15) is 31.7 Å². The van der Waals surface area contributed by atoms with Crippen LogP contribution in [0.3, 0.4) is 0 Å². The number of sulfone groups is 1. The Bertz CT molecular complexity index is 1800. The molecule has 1 aromatic heterocycles. The molecule has 264 valence electrons. The van der Waals surface area contributed by atoms with Gasteiger partial charge >= 0.3 is 12.2 Å². The third-order valence-corrected chi connectivity index (χ3v) is 10.8. The van der Waals surface area contributed by atoms with E-state index in [1.54, 1.807) is 13.8 Å². The number of hydrogen-bond donors (Lipinski definition) is 0. The smallest absolute Gasteiger partial charge is 0.420 e. The number of para-hydroxylation sites is 1. The Kier molecular flexibility index (Phi) is 9.72. The summed E-state index contributed by atoms with van der Waals surface area (Å²) in [6.07, 6.45) is -4.34.